The third kappa shape index (κ3) is 5.76. The minimum atomic E-state index is 0.167. The predicted octanol–water partition coefficient (Wildman–Crippen LogP) is 6.54. The first-order valence-corrected chi connectivity index (χ1v) is 11.5. The van der Waals surface area contributed by atoms with Gasteiger partial charge < -0.3 is 15.4 Å². The Balaban J connectivity index is 1.46. The van der Waals surface area contributed by atoms with Crippen LogP contribution in [0.4, 0.5) is 11.4 Å². The van der Waals surface area contributed by atoms with Gasteiger partial charge in [0.2, 0.25) is 0 Å². The highest BCUT2D eigenvalue weighted by Gasteiger charge is 2.12. The third-order valence-corrected chi connectivity index (χ3v) is 6.35. The second kappa shape index (κ2) is 10.1. The highest BCUT2D eigenvalue weighted by molar-refractivity contribution is 7.18. The molecule has 0 aliphatic heterocycles. The zero-order valence-corrected chi connectivity index (χ0v) is 19.3. The van der Waals surface area contributed by atoms with E-state index in [1.807, 2.05) is 30.3 Å². The molecule has 4 aromatic rings. The van der Waals surface area contributed by atoms with Crippen LogP contribution < -0.4 is 10.6 Å². The lowest BCUT2D eigenvalue weighted by Crippen LogP contribution is -2.28. The van der Waals surface area contributed by atoms with Gasteiger partial charge in [-0.15, -0.1) is 11.3 Å². The molecular weight excluding hydrogens is 426 g/mol. The number of aromatic nitrogens is 1. The Morgan fingerprint density at radius 1 is 1.03 bits per heavy atom. The molecule has 0 aliphatic carbocycles. The second-order valence-corrected chi connectivity index (χ2v) is 9.16. The fourth-order valence-corrected chi connectivity index (χ4v) is 4.59. The van der Waals surface area contributed by atoms with Gasteiger partial charge >= 0.3 is 0 Å². The molecule has 0 saturated carbocycles. The lowest BCUT2D eigenvalue weighted by atomic mass is 10.0. The summed E-state index contributed by atoms with van der Waals surface area (Å²) in [5.41, 5.74) is 5.61. The van der Waals surface area contributed by atoms with Crippen LogP contribution in [0.3, 0.4) is 0 Å². The van der Waals surface area contributed by atoms with Crippen LogP contribution in [-0.2, 0) is 17.7 Å². The molecule has 1 aromatic heterocycles. The van der Waals surface area contributed by atoms with Crippen molar-refractivity contribution >= 4 is 44.5 Å². The molecule has 4 rings (SSSR count). The van der Waals surface area contributed by atoms with Gasteiger partial charge in [0.15, 0.2) is 0 Å². The predicted molar refractivity (Wildman–Crippen MR) is 133 cm³/mol. The number of hydrogen-bond acceptors (Lipinski definition) is 5. The maximum Gasteiger partial charge on any atom is 0.113 e. The van der Waals surface area contributed by atoms with Gasteiger partial charge in [0.25, 0.3) is 0 Å². The Hall–Kier alpha value is -2.60. The van der Waals surface area contributed by atoms with Gasteiger partial charge in [0.1, 0.15) is 5.01 Å². The smallest absolute Gasteiger partial charge is 0.113 e. The van der Waals surface area contributed by atoms with E-state index in [0.717, 1.165) is 33.0 Å². The number of methoxy groups -OCH3 is 1. The first-order valence-electron chi connectivity index (χ1n) is 10.3. The summed E-state index contributed by atoms with van der Waals surface area (Å²) in [6.07, 6.45) is 0.890. The van der Waals surface area contributed by atoms with E-state index in [1.165, 1.54) is 11.1 Å². The van der Waals surface area contributed by atoms with E-state index in [2.05, 4.69) is 54.0 Å². The number of hydrogen-bond donors (Lipinski definition) is 2. The van der Waals surface area contributed by atoms with Crippen molar-refractivity contribution in [1.82, 2.24) is 4.98 Å². The van der Waals surface area contributed by atoms with E-state index in [4.69, 9.17) is 21.3 Å². The van der Waals surface area contributed by atoms with Crippen molar-refractivity contribution in [2.24, 2.45) is 0 Å². The summed E-state index contributed by atoms with van der Waals surface area (Å²) in [5, 5.41) is 8.94. The van der Waals surface area contributed by atoms with Crippen molar-refractivity contribution in [3.63, 3.8) is 0 Å². The van der Waals surface area contributed by atoms with Gasteiger partial charge in [0.05, 0.1) is 40.8 Å². The number of nitrogens with zero attached hydrogens (tertiary/aromatic N) is 1. The number of ether oxygens (including phenoxy) is 1. The minimum absolute atomic E-state index is 0.167. The van der Waals surface area contributed by atoms with Crippen LogP contribution >= 0.6 is 22.9 Å². The van der Waals surface area contributed by atoms with Gasteiger partial charge in [-0.3, -0.25) is 0 Å². The van der Waals surface area contributed by atoms with Crippen LogP contribution in [0.25, 0.3) is 10.2 Å². The molecule has 6 heteroatoms. The average Bonchev–Trinajstić information content (AvgIpc) is 3.17. The molecule has 2 N–H and O–H groups in total. The lowest BCUT2D eigenvalue weighted by Gasteiger charge is -2.22. The average molecular weight is 452 g/mol. The lowest BCUT2D eigenvalue weighted by molar-refractivity contribution is 0.185. The van der Waals surface area contributed by atoms with E-state index in [0.29, 0.717) is 18.2 Å². The fourth-order valence-electron chi connectivity index (χ4n) is 3.54. The molecule has 0 radical (unpaired) electrons. The van der Waals surface area contributed by atoms with Crippen molar-refractivity contribution < 1.29 is 4.74 Å². The van der Waals surface area contributed by atoms with Crippen molar-refractivity contribution in [2.45, 2.75) is 25.9 Å². The van der Waals surface area contributed by atoms with Gasteiger partial charge in [-0.2, -0.15) is 0 Å². The SMILES string of the molecule is COC[C@H](Cc1ccc(C)cc1)Nc1ccccc1NCc1nc2cc(Cl)ccc2s1. The number of benzene rings is 3. The highest BCUT2D eigenvalue weighted by Crippen LogP contribution is 2.27. The number of rotatable bonds is 9. The van der Waals surface area contributed by atoms with Crippen molar-refractivity contribution in [3.8, 4) is 0 Å². The van der Waals surface area contributed by atoms with Crippen molar-refractivity contribution in [2.75, 3.05) is 24.4 Å². The van der Waals surface area contributed by atoms with Crippen LogP contribution in [0.15, 0.2) is 66.7 Å². The van der Waals surface area contributed by atoms with Gasteiger partial charge in [0, 0.05) is 12.1 Å². The summed E-state index contributed by atoms with van der Waals surface area (Å²) in [7, 11) is 1.74. The van der Waals surface area contributed by atoms with Gasteiger partial charge in [-0.05, 0) is 49.2 Å². The fraction of sp³-hybridized carbons (Fsp3) is 0.240. The number of anilines is 2. The Kier molecular flexibility index (Phi) is 7.07. The molecule has 0 saturated heterocycles. The largest absolute Gasteiger partial charge is 0.383 e. The summed E-state index contributed by atoms with van der Waals surface area (Å²) in [6, 6.07) is 22.9. The summed E-state index contributed by atoms with van der Waals surface area (Å²) in [6.45, 7) is 3.39. The zero-order chi connectivity index (χ0) is 21.6. The summed E-state index contributed by atoms with van der Waals surface area (Å²) in [5.74, 6) is 0. The van der Waals surface area contributed by atoms with E-state index in [9.17, 15) is 0 Å². The minimum Gasteiger partial charge on any atom is -0.383 e. The Morgan fingerprint density at radius 2 is 1.81 bits per heavy atom. The number of nitrogens with one attached hydrogen (secondary N) is 2. The molecule has 0 unspecified atom stereocenters. The number of thiazole rings is 1. The molecule has 0 fully saturated rings. The molecule has 1 atom stereocenters. The molecule has 31 heavy (non-hydrogen) atoms. The molecule has 4 nitrogen and oxygen atoms in total. The Morgan fingerprint density at radius 3 is 2.58 bits per heavy atom. The normalized spacial score (nSPS) is 12.1. The van der Waals surface area contributed by atoms with Gasteiger partial charge in [-0.25, -0.2) is 4.98 Å². The summed E-state index contributed by atoms with van der Waals surface area (Å²) in [4.78, 5) is 4.70. The first kappa shape index (κ1) is 21.6. The molecular formula is C25H26ClN3OS. The monoisotopic (exact) mass is 451 g/mol. The number of halogens is 1. The first-order chi connectivity index (χ1) is 15.1. The zero-order valence-electron chi connectivity index (χ0n) is 17.7. The number of para-hydroxylation sites is 2. The molecule has 0 amide bonds. The topological polar surface area (TPSA) is 46.2 Å². The molecule has 0 aliphatic rings. The summed E-state index contributed by atoms with van der Waals surface area (Å²) >= 11 is 7.78. The van der Waals surface area contributed by atoms with Crippen LogP contribution in [0.5, 0.6) is 0 Å². The summed E-state index contributed by atoms with van der Waals surface area (Å²) < 4.78 is 6.63. The van der Waals surface area contributed by atoms with Crippen LogP contribution in [0.2, 0.25) is 5.02 Å². The molecule has 0 spiro atoms. The van der Waals surface area contributed by atoms with Crippen molar-refractivity contribution in [1.29, 1.82) is 0 Å². The quantitative estimate of drug-likeness (QED) is 0.303. The molecule has 160 valence electrons. The standard InChI is InChI=1S/C25H26ClN3OS/c1-17-7-9-18(10-8-17)13-20(16-30-2)28-22-6-4-3-5-21(22)27-15-25-29-23-14-19(26)11-12-24(23)31-25/h3-12,14,20,27-28H,13,15-16H2,1-2H3/t20-/m0/s1. The van der Waals surface area contributed by atoms with E-state index in [1.54, 1.807) is 18.4 Å². The van der Waals surface area contributed by atoms with Crippen LogP contribution in [-0.4, -0.2) is 24.7 Å². The van der Waals surface area contributed by atoms with E-state index >= 15 is 0 Å². The maximum absolute atomic E-state index is 6.09. The molecule has 1 heterocycles. The van der Waals surface area contributed by atoms with Crippen LogP contribution in [0.1, 0.15) is 16.1 Å². The van der Waals surface area contributed by atoms with Gasteiger partial charge in [-0.1, -0.05) is 53.6 Å². The number of fused-ring (bicyclic) bond motifs is 1. The number of aryl methyl sites for hydroxylation is 1. The molecule has 3 aromatic carbocycles. The van der Waals surface area contributed by atoms with Crippen molar-refractivity contribution in [3.05, 3.63) is 87.9 Å². The second-order valence-electron chi connectivity index (χ2n) is 7.61. The maximum atomic E-state index is 6.09. The van der Waals surface area contributed by atoms with E-state index in [-0.39, 0.29) is 6.04 Å². The highest BCUT2D eigenvalue weighted by atomic mass is 35.5. The third-order valence-electron chi connectivity index (χ3n) is 5.08. The molecule has 0 bridgehead atoms. The Bertz CT molecular complexity index is 1140. The van der Waals surface area contributed by atoms with E-state index < -0.39 is 0 Å². The van der Waals surface area contributed by atoms with Crippen LogP contribution in [0, 0.1) is 6.92 Å². The Labute approximate surface area is 192 Å².